The van der Waals surface area contributed by atoms with Crippen molar-refractivity contribution < 1.29 is 4.79 Å². The van der Waals surface area contributed by atoms with Crippen LogP contribution in [0.4, 0.5) is 0 Å². The second-order valence-corrected chi connectivity index (χ2v) is 5.55. The molecule has 0 fully saturated rings. The van der Waals surface area contributed by atoms with Crippen molar-refractivity contribution in [3.63, 3.8) is 0 Å². The Balaban J connectivity index is 2.92. The van der Waals surface area contributed by atoms with Crippen molar-refractivity contribution in [2.75, 3.05) is 0 Å². The molecule has 1 amide bonds. The van der Waals surface area contributed by atoms with Gasteiger partial charge in [-0.15, -0.1) is 0 Å². The lowest BCUT2D eigenvalue weighted by molar-refractivity contribution is 0.0936. The number of benzene rings is 1. The maximum Gasteiger partial charge on any atom is 0.252 e. The predicted octanol–water partition coefficient (Wildman–Crippen LogP) is 2.80. The van der Waals surface area contributed by atoms with Crippen LogP contribution in [0.25, 0.3) is 0 Å². The number of nitrogens with two attached hydrogens (primary N) is 1. The van der Waals surface area contributed by atoms with E-state index < -0.39 is 0 Å². The molecule has 0 saturated heterocycles. The van der Waals surface area contributed by atoms with Crippen LogP contribution in [0.1, 0.15) is 46.8 Å². The van der Waals surface area contributed by atoms with Gasteiger partial charge in [0, 0.05) is 18.0 Å². The number of hydrogen-bond donors (Lipinski definition) is 2. The van der Waals surface area contributed by atoms with Crippen LogP contribution in [0.15, 0.2) is 12.1 Å². The molecule has 3 N–H and O–H groups in total. The number of carbonyl (C=O) groups excluding carboxylic acids is 1. The van der Waals surface area contributed by atoms with E-state index in [1.54, 1.807) is 0 Å². The van der Waals surface area contributed by atoms with Gasteiger partial charge in [-0.1, -0.05) is 36.8 Å². The number of aryl methyl sites for hydroxylation is 3. The summed E-state index contributed by atoms with van der Waals surface area (Å²) in [5.41, 5.74) is 9.47. The minimum Gasteiger partial charge on any atom is -0.393 e. The number of carbonyl (C=O) groups is 1. The second kappa shape index (κ2) is 6.66. The molecule has 0 aliphatic heterocycles. The van der Waals surface area contributed by atoms with Crippen LogP contribution in [0.5, 0.6) is 0 Å². The Kier molecular flexibility index (Phi) is 5.48. The minimum atomic E-state index is -0.0434. The third-order valence-electron chi connectivity index (χ3n) is 3.18. The van der Waals surface area contributed by atoms with Gasteiger partial charge in [-0.2, -0.15) is 0 Å². The molecule has 0 aliphatic rings. The van der Waals surface area contributed by atoms with E-state index in [0.717, 1.165) is 23.1 Å². The molecule has 19 heavy (non-hydrogen) atoms. The molecule has 1 rings (SSSR count). The van der Waals surface area contributed by atoms with Gasteiger partial charge in [0.1, 0.15) is 0 Å². The van der Waals surface area contributed by atoms with Crippen molar-refractivity contribution in [1.82, 2.24) is 5.32 Å². The lowest BCUT2D eigenvalue weighted by Gasteiger charge is -2.18. The fourth-order valence-corrected chi connectivity index (χ4v) is 2.54. The molecule has 0 aromatic heterocycles. The van der Waals surface area contributed by atoms with Crippen LogP contribution >= 0.6 is 12.2 Å². The van der Waals surface area contributed by atoms with Crippen molar-refractivity contribution in [2.24, 2.45) is 5.73 Å². The van der Waals surface area contributed by atoms with Crippen LogP contribution < -0.4 is 11.1 Å². The molecule has 3 nitrogen and oxygen atoms in total. The maximum atomic E-state index is 12.4. The Labute approximate surface area is 120 Å². The number of hydrogen-bond acceptors (Lipinski definition) is 2. The van der Waals surface area contributed by atoms with E-state index in [1.165, 1.54) is 5.56 Å². The van der Waals surface area contributed by atoms with Gasteiger partial charge in [0.2, 0.25) is 0 Å². The molecule has 0 saturated carbocycles. The number of nitrogens with one attached hydrogen (secondary N) is 1. The van der Waals surface area contributed by atoms with E-state index in [0.29, 0.717) is 11.4 Å². The molecule has 0 radical (unpaired) electrons. The van der Waals surface area contributed by atoms with Crippen LogP contribution in [-0.2, 0) is 0 Å². The van der Waals surface area contributed by atoms with Crippen molar-refractivity contribution in [1.29, 1.82) is 0 Å². The van der Waals surface area contributed by atoms with Gasteiger partial charge in [0.05, 0.1) is 4.99 Å². The molecule has 0 aliphatic carbocycles. The zero-order valence-corrected chi connectivity index (χ0v) is 12.9. The van der Waals surface area contributed by atoms with Gasteiger partial charge in [-0.05, 0) is 38.3 Å². The molecular weight excluding hydrogens is 256 g/mol. The van der Waals surface area contributed by atoms with Gasteiger partial charge in [-0.25, -0.2) is 0 Å². The summed E-state index contributed by atoms with van der Waals surface area (Å²) in [6, 6.07) is 4.05. The highest BCUT2D eigenvalue weighted by molar-refractivity contribution is 7.80. The lowest BCUT2D eigenvalue weighted by Crippen LogP contribution is -2.37. The standard InChI is InChI=1S/C15H22N2OS/c1-5-12(8-13(16)19)17-15(18)14-10(3)6-9(2)7-11(14)4/h6-7,12H,5,8H2,1-4H3,(H2,16,19)(H,17,18). The fourth-order valence-electron chi connectivity index (χ4n) is 2.34. The van der Waals surface area contributed by atoms with Gasteiger partial charge < -0.3 is 11.1 Å². The van der Waals surface area contributed by atoms with E-state index in [4.69, 9.17) is 18.0 Å². The summed E-state index contributed by atoms with van der Waals surface area (Å²) in [5.74, 6) is -0.0434. The summed E-state index contributed by atoms with van der Waals surface area (Å²) in [5, 5.41) is 3.01. The van der Waals surface area contributed by atoms with E-state index in [9.17, 15) is 4.79 Å². The van der Waals surface area contributed by atoms with Crippen LogP contribution in [-0.4, -0.2) is 16.9 Å². The first-order valence-corrected chi connectivity index (χ1v) is 6.93. The smallest absolute Gasteiger partial charge is 0.252 e. The maximum absolute atomic E-state index is 12.4. The highest BCUT2D eigenvalue weighted by Gasteiger charge is 2.16. The first-order valence-electron chi connectivity index (χ1n) is 6.52. The van der Waals surface area contributed by atoms with Crippen LogP contribution in [0.2, 0.25) is 0 Å². The molecule has 0 bridgehead atoms. The molecule has 4 heteroatoms. The summed E-state index contributed by atoms with van der Waals surface area (Å²) in [6.45, 7) is 7.97. The Morgan fingerprint density at radius 2 is 1.84 bits per heavy atom. The predicted molar refractivity (Wildman–Crippen MR) is 83.6 cm³/mol. The molecule has 1 atom stereocenters. The molecule has 0 heterocycles. The van der Waals surface area contributed by atoms with Crippen molar-refractivity contribution >= 4 is 23.1 Å². The third kappa shape index (κ3) is 4.31. The van der Waals surface area contributed by atoms with Crippen molar-refractivity contribution in [3.05, 3.63) is 34.4 Å². The zero-order valence-electron chi connectivity index (χ0n) is 12.0. The fraction of sp³-hybridized carbons (Fsp3) is 0.467. The lowest BCUT2D eigenvalue weighted by atomic mass is 9.98. The Morgan fingerprint density at radius 3 is 2.26 bits per heavy atom. The average molecular weight is 278 g/mol. The highest BCUT2D eigenvalue weighted by Crippen LogP contribution is 2.16. The molecule has 0 spiro atoms. The van der Waals surface area contributed by atoms with Crippen LogP contribution in [0, 0.1) is 20.8 Å². The number of rotatable bonds is 5. The summed E-state index contributed by atoms with van der Waals surface area (Å²) >= 11 is 4.90. The number of thiocarbonyl (C=S) groups is 1. The quantitative estimate of drug-likeness (QED) is 0.814. The summed E-state index contributed by atoms with van der Waals surface area (Å²) in [6.07, 6.45) is 1.36. The largest absolute Gasteiger partial charge is 0.393 e. The molecule has 104 valence electrons. The summed E-state index contributed by atoms with van der Waals surface area (Å²) in [4.78, 5) is 12.8. The van der Waals surface area contributed by atoms with Crippen molar-refractivity contribution in [2.45, 2.75) is 46.6 Å². The molecule has 1 unspecified atom stereocenters. The SMILES string of the molecule is CCC(CC(N)=S)NC(=O)c1c(C)cc(C)cc1C. The van der Waals surface area contributed by atoms with E-state index in [-0.39, 0.29) is 11.9 Å². The third-order valence-corrected chi connectivity index (χ3v) is 3.35. The Morgan fingerprint density at radius 1 is 1.32 bits per heavy atom. The van der Waals surface area contributed by atoms with Gasteiger partial charge in [0.25, 0.3) is 5.91 Å². The number of amides is 1. The molecule has 1 aromatic carbocycles. The van der Waals surface area contributed by atoms with E-state index in [2.05, 4.69) is 5.32 Å². The monoisotopic (exact) mass is 278 g/mol. The zero-order chi connectivity index (χ0) is 14.6. The first kappa shape index (κ1) is 15.6. The first-order chi connectivity index (χ1) is 8.85. The van der Waals surface area contributed by atoms with Gasteiger partial charge in [-0.3, -0.25) is 4.79 Å². The van der Waals surface area contributed by atoms with Gasteiger partial charge >= 0.3 is 0 Å². The average Bonchev–Trinajstić information content (AvgIpc) is 2.25. The topological polar surface area (TPSA) is 55.1 Å². The molecular formula is C15H22N2OS. The molecule has 1 aromatic rings. The summed E-state index contributed by atoms with van der Waals surface area (Å²) in [7, 11) is 0. The second-order valence-electron chi connectivity index (χ2n) is 5.02. The van der Waals surface area contributed by atoms with Gasteiger partial charge in [0.15, 0.2) is 0 Å². The Hall–Kier alpha value is -1.42. The van der Waals surface area contributed by atoms with E-state index >= 15 is 0 Å². The highest BCUT2D eigenvalue weighted by atomic mass is 32.1. The Bertz CT molecular complexity index is 474. The normalized spacial score (nSPS) is 12.0. The summed E-state index contributed by atoms with van der Waals surface area (Å²) < 4.78 is 0. The van der Waals surface area contributed by atoms with E-state index in [1.807, 2.05) is 39.8 Å². The van der Waals surface area contributed by atoms with Crippen LogP contribution in [0.3, 0.4) is 0 Å². The minimum absolute atomic E-state index is 0.00473. The van der Waals surface area contributed by atoms with Crippen molar-refractivity contribution in [3.8, 4) is 0 Å².